The molecule has 4 nitrogen and oxygen atoms in total. The van der Waals surface area contributed by atoms with Crippen LogP contribution >= 0.6 is 0 Å². The highest BCUT2D eigenvalue weighted by Gasteiger charge is 2.15. The van der Waals surface area contributed by atoms with Crippen molar-refractivity contribution in [3.8, 4) is 11.1 Å². The Morgan fingerprint density at radius 2 is 1.69 bits per heavy atom. The molecule has 4 aromatic rings. The molecule has 1 N–H and O–H groups in total. The number of pyridine rings is 2. The number of aromatic nitrogens is 2. The first-order chi connectivity index (χ1) is 12.7. The number of hydrogen-bond donors (Lipinski definition) is 1. The summed E-state index contributed by atoms with van der Waals surface area (Å²) in [5.74, 6) is 0.314. The second kappa shape index (κ2) is 6.76. The summed E-state index contributed by atoms with van der Waals surface area (Å²) >= 11 is 0. The van der Waals surface area contributed by atoms with E-state index in [-0.39, 0.29) is 5.91 Å². The summed E-state index contributed by atoms with van der Waals surface area (Å²) in [6, 6.07) is 21.5. The summed E-state index contributed by atoms with van der Waals surface area (Å²) in [5, 5.41) is 3.82. The number of nitrogens with one attached hydrogen (secondary N) is 1. The lowest BCUT2D eigenvalue weighted by Gasteiger charge is -2.10. The molecule has 126 valence electrons. The Hall–Kier alpha value is -3.53. The monoisotopic (exact) mass is 339 g/mol. The van der Waals surface area contributed by atoms with Crippen LogP contribution in [0.25, 0.3) is 22.0 Å². The minimum absolute atomic E-state index is 0.202. The highest BCUT2D eigenvalue weighted by atomic mass is 16.1. The van der Waals surface area contributed by atoms with Crippen molar-refractivity contribution in [1.82, 2.24) is 9.97 Å². The Kier molecular flexibility index (Phi) is 4.15. The second-order valence-corrected chi connectivity index (χ2v) is 6.08. The Bertz CT molecular complexity index is 1070. The van der Waals surface area contributed by atoms with Gasteiger partial charge in [0.15, 0.2) is 0 Å². The van der Waals surface area contributed by atoms with E-state index in [0.717, 1.165) is 22.1 Å². The SMILES string of the molecule is Cc1ccc2cccnc2c1C(=O)Nc1ccc(-c2ccccc2)cn1. The van der Waals surface area contributed by atoms with Gasteiger partial charge in [0.25, 0.3) is 5.91 Å². The molecule has 0 fully saturated rings. The summed E-state index contributed by atoms with van der Waals surface area (Å²) in [6.45, 7) is 1.91. The minimum atomic E-state index is -0.202. The van der Waals surface area contributed by atoms with E-state index in [1.165, 1.54) is 0 Å². The van der Waals surface area contributed by atoms with Gasteiger partial charge in [-0.3, -0.25) is 9.78 Å². The van der Waals surface area contributed by atoms with Gasteiger partial charge in [-0.15, -0.1) is 0 Å². The van der Waals surface area contributed by atoms with Crippen LogP contribution in [0, 0.1) is 6.92 Å². The molecule has 0 bridgehead atoms. The number of aryl methyl sites for hydroxylation is 1. The Labute approximate surface area is 151 Å². The zero-order valence-corrected chi connectivity index (χ0v) is 14.3. The largest absolute Gasteiger partial charge is 0.306 e. The third kappa shape index (κ3) is 3.05. The number of carbonyl (C=O) groups excluding carboxylic acids is 1. The number of fused-ring (bicyclic) bond motifs is 1. The van der Waals surface area contributed by atoms with Crippen LogP contribution in [0.4, 0.5) is 5.82 Å². The molecule has 0 atom stereocenters. The van der Waals surface area contributed by atoms with E-state index in [4.69, 9.17) is 0 Å². The maximum absolute atomic E-state index is 12.8. The van der Waals surface area contributed by atoms with E-state index in [9.17, 15) is 4.79 Å². The van der Waals surface area contributed by atoms with Crippen molar-refractivity contribution in [2.75, 3.05) is 5.32 Å². The van der Waals surface area contributed by atoms with Gasteiger partial charge < -0.3 is 5.32 Å². The Balaban J connectivity index is 1.62. The number of carbonyl (C=O) groups is 1. The molecule has 0 unspecified atom stereocenters. The topological polar surface area (TPSA) is 54.9 Å². The quantitative estimate of drug-likeness (QED) is 0.580. The van der Waals surface area contributed by atoms with Crippen LogP contribution < -0.4 is 5.32 Å². The average Bonchev–Trinajstić information content (AvgIpc) is 2.69. The van der Waals surface area contributed by atoms with Gasteiger partial charge in [-0.05, 0) is 36.2 Å². The average molecular weight is 339 g/mol. The van der Waals surface area contributed by atoms with Crippen molar-refractivity contribution in [1.29, 1.82) is 0 Å². The third-order valence-electron chi connectivity index (χ3n) is 4.32. The van der Waals surface area contributed by atoms with E-state index in [1.807, 2.05) is 73.7 Å². The lowest BCUT2D eigenvalue weighted by Crippen LogP contribution is -2.15. The number of anilines is 1. The molecule has 0 aliphatic heterocycles. The maximum atomic E-state index is 12.8. The molecule has 4 rings (SSSR count). The number of amides is 1. The fourth-order valence-corrected chi connectivity index (χ4v) is 2.98. The molecule has 0 saturated carbocycles. The van der Waals surface area contributed by atoms with Crippen molar-refractivity contribution in [2.45, 2.75) is 6.92 Å². The first kappa shape index (κ1) is 16.0. The minimum Gasteiger partial charge on any atom is -0.306 e. The third-order valence-corrected chi connectivity index (χ3v) is 4.32. The van der Waals surface area contributed by atoms with Crippen LogP contribution in [0.2, 0.25) is 0 Å². The normalized spacial score (nSPS) is 10.7. The van der Waals surface area contributed by atoms with Gasteiger partial charge in [-0.2, -0.15) is 0 Å². The van der Waals surface area contributed by atoms with Gasteiger partial charge in [-0.25, -0.2) is 4.98 Å². The Morgan fingerprint density at radius 1 is 0.846 bits per heavy atom. The molecule has 0 saturated heterocycles. The molecular formula is C22H17N3O. The first-order valence-electron chi connectivity index (χ1n) is 8.39. The van der Waals surface area contributed by atoms with Gasteiger partial charge in [0.2, 0.25) is 0 Å². The summed E-state index contributed by atoms with van der Waals surface area (Å²) in [7, 11) is 0. The van der Waals surface area contributed by atoms with E-state index < -0.39 is 0 Å². The smallest absolute Gasteiger partial charge is 0.259 e. The van der Waals surface area contributed by atoms with Crippen LogP contribution in [0.5, 0.6) is 0 Å². The molecule has 2 aromatic carbocycles. The van der Waals surface area contributed by atoms with Crippen molar-refractivity contribution in [2.24, 2.45) is 0 Å². The van der Waals surface area contributed by atoms with Crippen molar-refractivity contribution in [3.05, 3.63) is 90.3 Å². The second-order valence-electron chi connectivity index (χ2n) is 6.08. The van der Waals surface area contributed by atoms with E-state index >= 15 is 0 Å². The van der Waals surface area contributed by atoms with Crippen LogP contribution in [0.15, 0.2) is 79.1 Å². The lowest BCUT2D eigenvalue weighted by atomic mass is 10.0. The highest BCUT2D eigenvalue weighted by molar-refractivity contribution is 6.12. The van der Waals surface area contributed by atoms with Crippen LogP contribution in [-0.4, -0.2) is 15.9 Å². The van der Waals surface area contributed by atoms with Crippen molar-refractivity contribution < 1.29 is 4.79 Å². The van der Waals surface area contributed by atoms with Crippen molar-refractivity contribution >= 4 is 22.6 Å². The standard InChI is InChI=1S/C22H17N3O/c1-15-9-10-17-8-5-13-23-21(17)20(15)22(26)25-19-12-11-18(14-24-19)16-6-3-2-4-7-16/h2-14H,1H3,(H,24,25,26). The first-order valence-corrected chi connectivity index (χ1v) is 8.39. The molecular weight excluding hydrogens is 322 g/mol. The summed E-state index contributed by atoms with van der Waals surface area (Å²) in [4.78, 5) is 21.6. The predicted molar refractivity (Wildman–Crippen MR) is 104 cm³/mol. The van der Waals surface area contributed by atoms with Gasteiger partial charge in [-0.1, -0.05) is 48.5 Å². The maximum Gasteiger partial charge on any atom is 0.259 e. The zero-order chi connectivity index (χ0) is 17.9. The van der Waals surface area contributed by atoms with Gasteiger partial charge in [0, 0.05) is 23.3 Å². The highest BCUT2D eigenvalue weighted by Crippen LogP contribution is 2.22. The predicted octanol–water partition coefficient (Wildman–Crippen LogP) is 4.86. The molecule has 0 aliphatic carbocycles. The lowest BCUT2D eigenvalue weighted by molar-refractivity contribution is 0.102. The fraction of sp³-hybridized carbons (Fsp3) is 0.0455. The van der Waals surface area contributed by atoms with Gasteiger partial charge >= 0.3 is 0 Å². The van der Waals surface area contributed by atoms with E-state index in [0.29, 0.717) is 16.9 Å². The van der Waals surface area contributed by atoms with Crippen LogP contribution in [-0.2, 0) is 0 Å². The number of rotatable bonds is 3. The van der Waals surface area contributed by atoms with Crippen LogP contribution in [0.3, 0.4) is 0 Å². The molecule has 26 heavy (non-hydrogen) atoms. The molecule has 1 amide bonds. The molecule has 0 radical (unpaired) electrons. The van der Waals surface area contributed by atoms with Crippen molar-refractivity contribution in [3.63, 3.8) is 0 Å². The zero-order valence-electron chi connectivity index (χ0n) is 14.3. The van der Waals surface area contributed by atoms with Gasteiger partial charge in [0.05, 0.1) is 11.1 Å². The van der Waals surface area contributed by atoms with Gasteiger partial charge in [0.1, 0.15) is 5.82 Å². The number of hydrogen-bond acceptors (Lipinski definition) is 3. The fourth-order valence-electron chi connectivity index (χ4n) is 2.98. The summed E-state index contributed by atoms with van der Waals surface area (Å²) < 4.78 is 0. The summed E-state index contributed by atoms with van der Waals surface area (Å²) in [6.07, 6.45) is 3.46. The molecule has 4 heteroatoms. The Morgan fingerprint density at radius 3 is 2.46 bits per heavy atom. The number of nitrogens with zero attached hydrogens (tertiary/aromatic N) is 2. The van der Waals surface area contributed by atoms with Crippen LogP contribution in [0.1, 0.15) is 15.9 Å². The summed E-state index contributed by atoms with van der Waals surface area (Å²) in [5.41, 5.74) is 4.26. The molecule has 2 heterocycles. The molecule has 0 aliphatic rings. The molecule has 2 aromatic heterocycles. The van der Waals surface area contributed by atoms with E-state index in [2.05, 4.69) is 15.3 Å². The number of benzene rings is 2. The molecule has 0 spiro atoms. The van der Waals surface area contributed by atoms with E-state index in [1.54, 1.807) is 12.4 Å².